The minimum Gasteiger partial charge on any atom is -0.395 e. The van der Waals surface area contributed by atoms with Gasteiger partial charge >= 0.3 is 0 Å². The lowest BCUT2D eigenvalue weighted by Gasteiger charge is -2.20. The standard InChI is InChI=1S/C8H18N4O3/c1-5(11-2-3-13)12-6(8(10)15)4-7(9)14/h5-6,11-13H,2-4H2,1H3,(H2,9,14)(H2,10,15). The van der Waals surface area contributed by atoms with Crippen molar-refractivity contribution in [2.45, 2.75) is 25.6 Å². The Morgan fingerprint density at radius 3 is 2.40 bits per heavy atom. The van der Waals surface area contributed by atoms with Crippen molar-refractivity contribution in [3.8, 4) is 0 Å². The monoisotopic (exact) mass is 218 g/mol. The third-order valence-electron chi connectivity index (χ3n) is 1.76. The summed E-state index contributed by atoms with van der Waals surface area (Å²) in [6.45, 7) is 2.12. The van der Waals surface area contributed by atoms with Crippen LogP contribution in [0.2, 0.25) is 0 Å². The van der Waals surface area contributed by atoms with Crippen molar-refractivity contribution in [1.29, 1.82) is 0 Å². The molecule has 0 aromatic heterocycles. The van der Waals surface area contributed by atoms with Gasteiger partial charge in [0.25, 0.3) is 0 Å². The molecule has 0 fully saturated rings. The number of hydrogen-bond donors (Lipinski definition) is 5. The van der Waals surface area contributed by atoms with Crippen LogP contribution in [0.1, 0.15) is 13.3 Å². The van der Waals surface area contributed by atoms with Gasteiger partial charge in [-0.25, -0.2) is 0 Å². The molecule has 2 unspecified atom stereocenters. The lowest BCUT2D eigenvalue weighted by atomic mass is 10.2. The number of hydrogen-bond acceptors (Lipinski definition) is 5. The number of aliphatic hydroxyl groups excluding tert-OH is 1. The smallest absolute Gasteiger partial charge is 0.235 e. The number of nitrogens with one attached hydrogen (secondary N) is 2. The molecule has 0 heterocycles. The molecule has 0 aliphatic carbocycles. The molecule has 0 spiro atoms. The second-order valence-corrected chi connectivity index (χ2v) is 3.19. The van der Waals surface area contributed by atoms with Crippen LogP contribution in [0.25, 0.3) is 0 Å². The Bertz CT molecular complexity index is 222. The first kappa shape index (κ1) is 13.8. The molecule has 0 saturated carbocycles. The van der Waals surface area contributed by atoms with Crippen LogP contribution < -0.4 is 22.1 Å². The zero-order valence-electron chi connectivity index (χ0n) is 8.69. The van der Waals surface area contributed by atoms with E-state index < -0.39 is 17.9 Å². The van der Waals surface area contributed by atoms with E-state index in [4.69, 9.17) is 16.6 Å². The summed E-state index contributed by atoms with van der Waals surface area (Å²) in [4.78, 5) is 21.5. The minimum absolute atomic E-state index is 0.0108. The van der Waals surface area contributed by atoms with Crippen LogP contribution in [0.15, 0.2) is 0 Å². The normalized spacial score (nSPS) is 14.5. The van der Waals surface area contributed by atoms with Crippen LogP contribution in [0, 0.1) is 0 Å². The summed E-state index contributed by atoms with van der Waals surface area (Å²) >= 11 is 0. The third kappa shape index (κ3) is 6.83. The summed E-state index contributed by atoms with van der Waals surface area (Å²) in [5.74, 6) is -1.23. The van der Waals surface area contributed by atoms with Crippen LogP contribution >= 0.6 is 0 Å². The van der Waals surface area contributed by atoms with Gasteiger partial charge in [-0.1, -0.05) is 0 Å². The van der Waals surface area contributed by atoms with E-state index in [1.54, 1.807) is 6.92 Å². The highest BCUT2D eigenvalue weighted by Gasteiger charge is 2.19. The van der Waals surface area contributed by atoms with Gasteiger partial charge in [0, 0.05) is 6.54 Å². The van der Waals surface area contributed by atoms with E-state index in [1.807, 2.05) is 0 Å². The number of carbonyl (C=O) groups is 2. The molecule has 0 rings (SSSR count). The zero-order chi connectivity index (χ0) is 11.8. The van der Waals surface area contributed by atoms with Crippen molar-refractivity contribution in [3.63, 3.8) is 0 Å². The van der Waals surface area contributed by atoms with E-state index in [0.29, 0.717) is 6.54 Å². The number of amides is 2. The summed E-state index contributed by atoms with van der Waals surface area (Å²) in [7, 11) is 0. The second-order valence-electron chi connectivity index (χ2n) is 3.19. The molecule has 2 atom stereocenters. The Morgan fingerprint density at radius 2 is 2.00 bits per heavy atom. The Labute approximate surface area is 88.2 Å². The van der Waals surface area contributed by atoms with Gasteiger partial charge in [-0.2, -0.15) is 0 Å². The lowest BCUT2D eigenvalue weighted by molar-refractivity contribution is -0.125. The molecular weight excluding hydrogens is 200 g/mol. The number of aliphatic hydroxyl groups is 1. The molecule has 0 aliphatic rings. The maximum atomic E-state index is 10.9. The molecule has 0 bridgehead atoms. The van der Waals surface area contributed by atoms with Crippen molar-refractivity contribution in [3.05, 3.63) is 0 Å². The highest BCUT2D eigenvalue weighted by molar-refractivity contribution is 5.86. The molecule has 2 amide bonds. The molecule has 0 saturated heterocycles. The maximum absolute atomic E-state index is 10.9. The summed E-state index contributed by atoms with van der Waals surface area (Å²) in [6.07, 6.45) is -0.380. The minimum atomic E-state index is -0.788. The molecule has 0 aromatic rings. The highest BCUT2D eigenvalue weighted by atomic mass is 16.3. The van der Waals surface area contributed by atoms with Gasteiger partial charge in [0.1, 0.15) is 0 Å². The van der Waals surface area contributed by atoms with E-state index in [2.05, 4.69) is 10.6 Å². The number of carbonyl (C=O) groups excluding carboxylic acids is 2. The van der Waals surface area contributed by atoms with Crippen molar-refractivity contribution in [2.24, 2.45) is 11.5 Å². The van der Waals surface area contributed by atoms with Gasteiger partial charge < -0.3 is 16.6 Å². The van der Waals surface area contributed by atoms with Crippen molar-refractivity contribution in [2.75, 3.05) is 13.2 Å². The van der Waals surface area contributed by atoms with Crippen LogP contribution in [0.5, 0.6) is 0 Å². The van der Waals surface area contributed by atoms with Crippen molar-refractivity contribution >= 4 is 11.8 Å². The van der Waals surface area contributed by atoms with Gasteiger partial charge in [-0.05, 0) is 6.92 Å². The lowest BCUT2D eigenvalue weighted by Crippen LogP contribution is -2.52. The Hall–Kier alpha value is -1.18. The van der Waals surface area contributed by atoms with Crippen molar-refractivity contribution < 1.29 is 14.7 Å². The number of nitrogens with two attached hydrogens (primary N) is 2. The summed E-state index contributed by atoms with van der Waals surface area (Å²) in [6, 6.07) is -0.788. The fourth-order valence-electron chi connectivity index (χ4n) is 1.08. The first-order valence-electron chi connectivity index (χ1n) is 4.65. The van der Waals surface area contributed by atoms with E-state index in [9.17, 15) is 9.59 Å². The zero-order valence-corrected chi connectivity index (χ0v) is 8.69. The molecular formula is C8H18N4O3. The fourth-order valence-corrected chi connectivity index (χ4v) is 1.08. The number of primary amides is 2. The number of rotatable bonds is 8. The quantitative estimate of drug-likeness (QED) is 0.282. The van der Waals surface area contributed by atoms with Crippen LogP contribution in [0.4, 0.5) is 0 Å². The molecule has 7 nitrogen and oxygen atoms in total. The van der Waals surface area contributed by atoms with Crippen molar-refractivity contribution in [1.82, 2.24) is 10.6 Å². The SMILES string of the molecule is CC(NCCO)NC(CC(N)=O)C(N)=O. The first-order chi connectivity index (χ1) is 6.97. The largest absolute Gasteiger partial charge is 0.395 e. The summed E-state index contributed by atoms with van der Waals surface area (Å²) in [5, 5.41) is 14.2. The van der Waals surface area contributed by atoms with E-state index in [0.717, 1.165) is 0 Å². The van der Waals surface area contributed by atoms with Crippen LogP contribution in [0.3, 0.4) is 0 Å². The van der Waals surface area contributed by atoms with Crippen LogP contribution in [-0.2, 0) is 9.59 Å². The molecule has 0 radical (unpaired) electrons. The third-order valence-corrected chi connectivity index (χ3v) is 1.76. The Morgan fingerprint density at radius 1 is 1.40 bits per heavy atom. The molecule has 15 heavy (non-hydrogen) atoms. The fraction of sp³-hybridized carbons (Fsp3) is 0.750. The predicted octanol–water partition coefficient (Wildman–Crippen LogP) is -2.77. The summed E-state index contributed by atoms with van der Waals surface area (Å²) < 4.78 is 0. The topological polar surface area (TPSA) is 130 Å². The second kappa shape index (κ2) is 7.16. The molecule has 7 N–H and O–H groups in total. The maximum Gasteiger partial charge on any atom is 0.235 e. The Kier molecular flexibility index (Phi) is 6.59. The van der Waals surface area contributed by atoms with Gasteiger partial charge in [0.05, 0.1) is 25.2 Å². The van der Waals surface area contributed by atoms with Gasteiger partial charge in [0.2, 0.25) is 11.8 Å². The first-order valence-corrected chi connectivity index (χ1v) is 4.65. The van der Waals surface area contributed by atoms with Gasteiger partial charge in [-0.15, -0.1) is 0 Å². The molecule has 0 aliphatic heterocycles. The average Bonchev–Trinajstić information content (AvgIpc) is 2.12. The Balaban J connectivity index is 4.04. The predicted molar refractivity (Wildman–Crippen MR) is 54.5 cm³/mol. The molecule has 0 aromatic carbocycles. The van der Waals surface area contributed by atoms with E-state index in [1.165, 1.54) is 0 Å². The molecule has 7 heteroatoms. The average molecular weight is 218 g/mol. The van der Waals surface area contributed by atoms with E-state index >= 15 is 0 Å². The van der Waals surface area contributed by atoms with Gasteiger partial charge in [-0.3, -0.25) is 20.2 Å². The van der Waals surface area contributed by atoms with E-state index in [-0.39, 0.29) is 19.2 Å². The van der Waals surface area contributed by atoms with Crippen LogP contribution in [-0.4, -0.2) is 42.3 Å². The summed E-state index contributed by atoms with van der Waals surface area (Å²) in [5.41, 5.74) is 10.0. The highest BCUT2D eigenvalue weighted by Crippen LogP contribution is 1.91. The van der Waals surface area contributed by atoms with Gasteiger partial charge in [0.15, 0.2) is 0 Å². The molecule has 88 valence electrons.